The Bertz CT molecular complexity index is 1050. The van der Waals surface area contributed by atoms with Gasteiger partial charge in [0.1, 0.15) is 6.54 Å². The number of carbonyl (C=O) groups is 3. The van der Waals surface area contributed by atoms with Crippen LogP contribution < -0.4 is 9.80 Å². The van der Waals surface area contributed by atoms with Crippen molar-refractivity contribution in [2.45, 2.75) is 0 Å². The van der Waals surface area contributed by atoms with Crippen molar-refractivity contribution >= 4 is 63.0 Å². The van der Waals surface area contributed by atoms with E-state index in [0.717, 1.165) is 11.8 Å². The predicted molar refractivity (Wildman–Crippen MR) is 112 cm³/mol. The van der Waals surface area contributed by atoms with Gasteiger partial charge in [-0.2, -0.15) is 0 Å². The second-order valence-electron chi connectivity index (χ2n) is 6.03. The van der Waals surface area contributed by atoms with Crippen molar-refractivity contribution in [3.63, 3.8) is 0 Å². The lowest BCUT2D eigenvalue weighted by atomic mass is 10.1. The van der Waals surface area contributed by atoms with Gasteiger partial charge in [-0.25, -0.2) is 0 Å². The molecule has 0 atom stereocenters. The van der Waals surface area contributed by atoms with Crippen LogP contribution in [-0.2, 0) is 19.1 Å². The van der Waals surface area contributed by atoms with Crippen LogP contribution in [0.1, 0.15) is 5.56 Å². The molecular formula is C20H14N2O4S2. The second kappa shape index (κ2) is 7.21. The maximum absolute atomic E-state index is 13.1. The minimum Gasteiger partial charge on any atom is -0.468 e. The molecule has 1 saturated heterocycles. The lowest BCUT2D eigenvalue weighted by molar-refractivity contribution is -0.139. The number of rotatable bonds is 3. The third-order valence-corrected chi connectivity index (χ3v) is 5.82. The maximum atomic E-state index is 13.1. The van der Waals surface area contributed by atoms with E-state index in [4.69, 9.17) is 17.0 Å². The van der Waals surface area contributed by atoms with Crippen LogP contribution in [0.15, 0.2) is 59.5 Å². The highest BCUT2D eigenvalue weighted by atomic mass is 32.2. The lowest BCUT2D eigenvalue weighted by Crippen LogP contribution is -2.33. The van der Waals surface area contributed by atoms with Crippen molar-refractivity contribution in [1.82, 2.24) is 0 Å². The average Bonchev–Trinajstić information content (AvgIpc) is 3.15. The molecule has 2 heterocycles. The summed E-state index contributed by atoms with van der Waals surface area (Å²) in [7, 11) is 1.26. The Morgan fingerprint density at radius 2 is 1.71 bits per heavy atom. The lowest BCUT2D eigenvalue weighted by Gasteiger charge is -2.15. The highest BCUT2D eigenvalue weighted by molar-refractivity contribution is 8.27. The summed E-state index contributed by atoms with van der Waals surface area (Å²) in [6.07, 6.45) is 0. The Hall–Kier alpha value is -2.97. The molecule has 0 spiro atoms. The minimum atomic E-state index is -0.541. The molecule has 0 radical (unpaired) electrons. The van der Waals surface area contributed by atoms with Crippen LogP contribution in [0.4, 0.5) is 11.4 Å². The Morgan fingerprint density at radius 3 is 2.43 bits per heavy atom. The van der Waals surface area contributed by atoms with E-state index in [1.165, 1.54) is 16.9 Å². The largest absolute Gasteiger partial charge is 0.468 e. The molecule has 0 unspecified atom stereocenters. The monoisotopic (exact) mass is 410 g/mol. The van der Waals surface area contributed by atoms with E-state index in [1.54, 1.807) is 36.4 Å². The summed E-state index contributed by atoms with van der Waals surface area (Å²) in [5, 5.41) is 0. The molecule has 0 N–H and O–H groups in total. The number of hydrogen-bond acceptors (Lipinski definition) is 6. The van der Waals surface area contributed by atoms with Crippen molar-refractivity contribution in [3.05, 3.63) is 65.1 Å². The zero-order chi connectivity index (χ0) is 19.8. The number of para-hydroxylation sites is 2. The third kappa shape index (κ3) is 2.90. The van der Waals surface area contributed by atoms with Gasteiger partial charge in [-0.15, -0.1) is 0 Å². The molecule has 6 nitrogen and oxygen atoms in total. The molecule has 2 aromatic carbocycles. The average molecular weight is 410 g/mol. The molecule has 2 aliphatic heterocycles. The van der Waals surface area contributed by atoms with Gasteiger partial charge in [0.05, 0.1) is 29.0 Å². The van der Waals surface area contributed by atoms with E-state index in [-0.39, 0.29) is 22.9 Å². The Kier molecular flexibility index (Phi) is 4.74. The van der Waals surface area contributed by atoms with E-state index < -0.39 is 11.9 Å². The molecule has 1 fully saturated rings. The first-order valence-electron chi connectivity index (χ1n) is 8.36. The minimum absolute atomic E-state index is 0.227. The van der Waals surface area contributed by atoms with E-state index in [0.29, 0.717) is 21.3 Å². The van der Waals surface area contributed by atoms with Gasteiger partial charge in [-0.1, -0.05) is 60.4 Å². The number of esters is 1. The summed E-state index contributed by atoms with van der Waals surface area (Å²) >= 11 is 6.49. The van der Waals surface area contributed by atoms with Gasteiger partial charge in [0.25, 0.3) is 11.8 Å². The summed E-state index contributed by atoms with van der Waals surface area (Å²) in [5.41, 5.74) is 2.07. The van der Waals surface area contributed by atoms with Gasteiger partial charge < -0.3 is 4.74 Å². The predicted octanol–water partition coefficient (Wildman–Crippen LogP) is 2.98. The van der Waals surface area contributed by atoms with Gasteiger partial charge in [-0.3, -0.25) is 24.2 Å². The van der Waals surface area contributed by atoms with Crippen molar-refractivity contribution in [3.8, 4) is 0 Å². The van der Waals surface area contributed by atoms with E-state index in [1.807, 2.05) is 18.2 Å². The topological polar surface area (TPSA) is 66.9 Å². The van der Waals surface area contributed by atoms with Crippen molar-refractivity contribution in [1.29, 1.82) is 0 Å². The molecule has 0 aliphatic carbocycles. The first-order valence-corrected chi connectivity index (χ1v) is 9.59. The number of hydrogen-bond donors (Lipinski definition) is 0. The molecule has 8 heteroatoms. The van der Waals surface area contributed by atoms with Crippen LogP contribution in [-0.4, -0.2) is 35.8 Å². The molecular weight excluding hydrogens is 396 g/mol. The van der Waals surface area contributed by atoms with Gasteiger partial charge >= 0.3 is 5.97 Å². The number of nitrogens with zero attached hydrogens (tertiary/aromatic N) is 2. The van der Waals surface area contributed by atoms with Crippen LogP contribution in [0.2, 0.25) is 0 Å². The Balaban J connectivity index is 1.81. The quantitative estimate of drug-likeness (QED) is 0.440. The molecule has 0 aromatic heterocycles. The van der Waals surface area contributed by atoms with Gasteiger partial charge in [0.15, 0.2) is 4.32 Å². The second-order valence-corrected chi connectivity index (χ2v) is 7.68. The van der Waals surface area contributed by atoms with Gasteiger partial charge in [-0.05, 0) is 18.2 Å². The molecule has 4 rings (SSSR count). The normalized spacial score (nSPS) is 18.7. The molecule has 0 bridgehead atoms. The molecule has 140 valence electrons. The summed E-state index contributed by atoms with van der Waals surface area (Å²) < 4.78 is 5.06. The SMILES string of the molecule is COC(=O)CN1C(=O)C(=C2SC(=S)N(c3ccccc3)C2=O)c2ccccc21. The number of benzene rings is 2. The first kappa shape index (κ1) is 18.4. The van der Waals surface area contributed by atoms with Crippen molar-refractivity contribution in [2.24, 2.45) is 0 Å². The van der Waals surface area contributed by atoms with Gasteiger partial charge in [0, 0.05) is 5.56 Å². The van der Waals surface area contributed by atoms with E-state index in [2.05, 4.69) is 0 Å². The molecule has 2 amide bonds. The third-order valence-electron chi connectivity index (χ3n) is 4.45. The highest BCUT2D eigenvalue weighted by Crippen LogP contribution is 2.45. The van der Waals surface area contributed by atoms with Crippen LogP contribution in [0.3, 0.4) is 0 Å². The van der Waals surface area contributed by atoms with Crippen LogP contribution >= 0.6 is 24.0 Å². The summed E-state index contributed by atoms with van der Waals surface area (Å²) in [4.78, 5) is 41.0. The molecule has 28 heavy (non-hydrogen) atoms. The number of fused-ring (bicyclic) bond motifs is 1. The summed E-state index contributed by atoms with van der Waals surface area (Å²) in [5.74, 6) is -1.30. The smallest absolute Gasteiger partial charge is 0.325 e. The van der Waals surface area contributed by atoms with E-state index in [9.17, 15) is 14.4 Å². The fourth-order valence-corrected chi connectivity index (χ4v) is 4.54. The number of amides is 2. The standard InChI is InChI=1S/C20H14N2O4S2/c1-26-15(23)11-21-14-10-6-5-9-13(14)16(18(21)24)17-19(25)22(20(27)28-17)12-7-3-2-4-8-12/h2-10H,11H2,1H3. The molecule has 0 saturated carbocycles. The number of thiocarbonyl (C=S) groups is 1. The molecule has 2 aromatic rings. The number of methoxy groups -OCH3 is 1. The van der Waals surface area contributed by atoms with Crippen molar-refractivity contribution in [2.75, 3.05) is 23.5 Å². The van der Waals surface area contributed by atoms with Crippen LogP contribution in [0.25, 0.3) is 5.57 Å². The van der Waals surface area contributed by atoms with Crippen molar-refractivity contribution < 1.29 is 19.1 Å². The Morgan fingerprint density at radius 1 is 1.04 bits per heavy atom. The number of ether oxygens (including phenoxy) is 1. The summed E-state index contributed by atoms with van der Waals surface area (Å²) in [6.45, 7) is -0.227. The highest BCUT2D eigenvalue weighted by Gasteiger charge is 2.42. The van der Waals surface area contributed by atoms with Gasteiger partial charge in [0.2, 0.25) is 0 Å². The maximum Gasteiger partial charge on any atom is 0.325 e. The Labute approximate surface area is 170 Å². The number of anilines is 2. The first-order chi connectivity index (χ1) is 13.5. The van der Waals surface area contributed by atoms with Crippen LogP contribution in [0, 0.1) is 0 Å². The summed E-state index contributed by atoms with van der Waals surface area (Å²) in [6, 6.07) is 16.1. The number of thioether (sulfide) groups is 1. The molecule has 2 aliphatic rings. The zero-order valence-corrected chi connectivity index (χ0v) is 16.4. The fourth-order valence-electron chi connectivity index (χ4n) is 3.17. The van der Waals surface area contributed by atoms with E-state index >= 15 is 0 Å². The number of carbonyl (C=O) groups excluding carboxylic acids is 3. The zero-order valence-electron chi connectivity index (χ0n) is 14.7. The van der Waals surface area contributed by atoms with Crippen LogP contribution in [0.5, 0.6) is 0 Å². The fraction of sp³-hybridized carbons (Fsp3) is 0.100.